The van der Waals surface area contributed by atoms with Crippen LogP contribution in [0.25, 0.3) is 0 Å². The summed E-state index contributed by atoms with van der Waals surface area (Å²) in [6.07, 6.45) is 2.21. The van der Waals surface area contributed by atoms with Crippen LogP contribution in [-0.2, 0) is 9.59 Å². The topological polar surface area (TPSA) is 49.4 Å². The van der Waals surface area contributed by atoms with Crippen LogP contribution in [0.15, 0.2) is 18.2 Å². The van der Waals surface area contributed by atoms with Gasteiger partial charge in [0, 0.05) is 13.0 Å². The van der Waals surface area contributed by atoms with Crippen LogP contribution in [0.4, 0.5) is 5.69 Å². The van der Waals surface area contributed by atoms with Crippen molar-refractivity contribution in [3.8, 4) is 0 Å². The lowest BCUT2D eigenvalue weighted by atomic mass is 10.1. The third-order valence-corrected chi connectivity index (χ3v) is 4.32. The van der Waals surface area contributed by atoms with E-state index in [-0.39, 0.29) is 24.2 Å². The minimum Gasteiger partial charge on any atom is -0.344 e. The summed E-state index contributed by atoms with van der Waals surface area (Å²) in [6.45, 7) is 0.303. The molecule has 0 radical (unpaired) electrons. The highest BCUT2D eigenvalue weighted by atomic mass is 35.5. The Bertz CT molecular complexity index is 552. The van der Waals surface area contributed by atoms with Gasteiger partial charge in [0.25, 0.3) is 0 Å². The van der Waals surface area contributed by atoms with Gasteiger partial charge in [0.15, 0.2) is 0 Å². The predicted molar refractivity (Wildman–Crippen MR) is 78.1 cm³/mol. The number of anilines is 1. The molecule has 1 aromatic rings. The van der Waals surface area contributed by atoms with Gasteiger partial charge >= 0.3 is 0 Å². The number of para-hydroxylation sites is 1. The van der Waals surface area contributed by atoms with E-state index in [1.807, 2.05) is 0 Å². The first kappa shape index (κ1) is 13.7. The Balaban J connectivity index is 1.98. The molecule has 2 aliphatic rings. The molecule has 1 aliphatic heterocycles. The van der Waals surface area contributed by atoms with E-state index in [1.165, 1.54) is 0 Å². The van der Waals surface area contributed by atoms with Crippen LogP contribution in [0.5, 0.6) is 0 Å². The molecule has 1 N–H and O–H groups in total. The number of halogens is 2. The lowest BCUT2D eigenvalue weighted by Gasteiger charge is -2.25. The molecule has 3 rings (SSSR count). The predicted octanol–water partition coefficient (Wildman–Crippen LogP) is 2.62. The summed E-state index contributed by atoms with van der Waals surface area (Å²) in [5, 5.41) is 3.66. The van der Waals surface area contributed by atoms with Crippen molar-refractivity contribution in [1.29, 1.82) is 0 Å². The van der Waals surface area contributed by atoms with E-state index >= 15 is 0 Å². The molecule has 20 heavy (non-hydrogen) atoms. The van der Waals surface area contributed by atoms with E-state index in [4.69, 9.17) is 23.2 Å². The third-order valence-electron chi connectivity index (χ3n) is 3.71. The monoisotopic (exact) mass is 312 g/mol. The second-order valence-corrected chi connectivity index (χ2v) is 6.01. The van der Waals surface area contributed by atoms with Crippen molar-refractivity contribution >= 4 is 40.7 Å². The molecule has 106 valence electrons. The van der Waals surface area contributed by atoms with Crippen molar-refractivity contribution in [2.75, 3.05) is 11.4 Å². The van der Waals surface area contributed by atoms with Crippen LogP contribution in [0.1, 0.15) is 19.3 Å². The van der Waals surface area contributed by atoms with Gasteiger partial charge in [0.1, 0.15) is 6.04 Å². The minimum atomic E-state index is -0.447. The highest BCUT2D eigenvalue weighted by Crippen LogP contribution is 2.38. The highest BCUT2D eigenvalue weighted by Gasteiger charge is 2.41. The van der Waals surface area contributed by atoms with Crippen molar-refractivity contribution in [2.45, 2.75) is 25.3 Å². The zero-order valence-corrected chi connectivity index (χ0v) is 12.2. The summed E-state index contributed by atoms with van der Waals surface area (Å²) in [7, 11) is 0. The number of carbonyl (C=O) groups is 2. The van der Waals surface area contributed by atoms with E-state index < -0.39 is 6.04 Å². The number of rotatable bonds is 2. The van der Waals surface area contributed by atoms with E-state index in [0.29, 0.717) is 22.3 Å². The molecule has 2 fully saturated rings. The molecule has 6 heteroatoms. The van der Waals surface area contributed by atoms with E-state index in [0.717, 1.165) is 12.8 Å². The van der Waals surface area contributed by atoms with Crippen LogP contribution in [0.3, 0.4) is 0 Å². The first-order chi connectivity index (χ1) is 9.58. The molecule has 1 aliphatic carbocycles. The Morgan fingerprint density at radius 1 is 1.15 bits per heavy atom. The summed E-state index contributed by atoms with van der Waals surface area (Å²) >= 11 is 12.4. The Hall–Kier alpha value is -1.26. The molecule has 2 amide bonds. The van der Waals surface area contributed by atoms with Gasteiger partial charge < -0.3 is 10.2 Å². The zero-order valence-electron chi connectivity index (χ0n) is 10.7. The standard InChI is InChI=1S/C14H14Cl2N2O2/c15-9-2-1-3-10(16)13(9)18-7-6-11(19)17-12(14(18)20)8-4-5-8/h1-3,8,12H,4-7H2,(H,17,19). The molecule has 1 saturated carbocycles. The van der Waals surface area contributed by atoms with Crippen LogP contribution < -0.4 is 10.2 Å². The summed E-state index contributed by atoms with van der Waals surface area (Å²) in [6, 6.07) is 4.68. The maximum absolute atomic E-state index is 12.7. The van der Waals surface area contributed by atoms with Gasteiger partial charge in [-0.05, 0) is 30.9 Å². The molecular formula is C14H14Cl2N2O2. The highest BCUT2D eigenvalue weighted by molar-refractivity contribution is 6.40. The molecule has 1 unspecified atom stereocenters. The quantitative estimate of drug-likeness (QED) is 0.912. The number of hydrogen-bond donors (Lipinski definition) is 1. The molecule has 0 spiro atoms. The molecule has 1 saturated heterocycles. The lowest BCUT2D eigenvalue weighted by Crippen LogP contribution is -2.46. The average Bonchev–Trinajstić information content (AvgIpc) is 3.22. The summed E-state index contributed by atoms with van der Waals surface area (Å²) in [5.74, 6) is 0.0302. The maximum Gasteiger partial charge on any atom is 0.249 e. The number of amides is 2. The zero-order chi connectivity index (χ0) is 14.3. The second kappa shape index (κ2) is 5.26. The molecule has 4 nitrogen and oxygen atoms in total. The van der Waals surface area contributed by atoms with Crippen molar-refractivity contribution in [1.82, 2.24) is 5.32 Å². The van der Waals surface area contributed by atoms with Crippen molar-refractivity contribution in [3.63, 3.8) is 0 Å². The van der Waals surface area contributed by atoms with Gasteiger partial charge in [-0.3, -0.25) is 9.59 Å². The van der Waals surface area contributed by atoms with Gasteiger partial charge in [-0.1, -0.05) is 29.3 Å². The SMILES string of the molecule is O=C1CCN(c2c(Cl)cccc2Cl)C(=O)C(C2CC2)N1. The van der Waals surface area contributed by atoms with Gasteiger partial charge in [-0.25, -0.2) is 0 Å². The summed E-state index contributed by atoms with van der Waals surface area (Å²) in [4.78, 5) is 26.0. The summed E-state index contributed by atoms with van der Waals surface area (Å²) < 4.78 is 0. The lowest BCUT2D eigenvalue weighted by molar-refractivity contribution is -0.126. The summed E-state index contributed by atoms with van der Waals surface area (Å²) in [5.41, 5.74) is 0.503. The fraction of sp³-hybridized carbons (Fsp3) is 0.429. The van der Waals surface area contributed by atoms with Crippen molar-refractivity contribution in [2.24, 2.45) is 5.92 Å². The van der Waals surface area contributed by atoms with Crippen molar-refractivity contribution in [3.05, 3.63) is 28.2 Å². The van der Waals surface area contributed by atoms with Crippen LogP contribution in [0, 0.1) is 5.92 Å². The maximum atomic E-state index is 12.7. The van der Waals surface area contributed by atoms with Gasteiger partial charge in [0.2, 0.25) is 11.8 Å². The Kier molecular flexibility index (Phi) is 3.61. The van der Waals surface area contributed by atoms with Crippen LogP contribution in [0.2, 0.25) is 10.0 Å². The number of hydrogen-bond acceptors (Lipinski definition) is 2. The second-order valence-electron chi connectivity index (χ2n) is 5.19. The fourth-order valence-electron chi connectivity index (χ4n) is 2.52. The number of carbonyl (C=O) groups excluding carboxylic acids is 2. The molecule has 1 aromatic carbocycles. The van der Waals surface area contributed by atoms with E-state index in [1.54, 1.807) is 23.1 Å². The molecule has 1 atom stereocenters. The first-order valence-electron chi connectivity index (χ1n) is 6.62. The number of nitrogens with one attached hydrogen (secondary N) is 1. The smallest absolute Gasteiger partial charge is 0.249 e. The van der Waals surface area contributed by atoms with E-state index in [9.17, 15) is 9.59 Å². The Morgan fingerprint density at radius 2 is 1.80 bits per heavy atom. The van der Waals surface area contributed by atoms with Gasteiger partial charge in [-0.15, -0.1) is 0 Å². The van der Waals surface area contributed by atoms with Crippen LogP contribution >= 0.6 is 23.2 Å². The first-order valence-corrected chi connectivity index (χ1v) is 7.38. The number of benzene rings is 1. The van der Waals surface area contributed by atoms with Crippen LogP contribution in [-0.4, -0.2) is 24.4 Å². The normalized spacial score (nSPS) is 23.5. The fourth-order valence-corrected chi connectivity index (χ4v) is 3.12. The minimum absolute atomic E-state index is 0.0964. The van der Waals surface area contributed by atoms with Gasteiger partial charge in [0.05, 0.1) is 15.7 Å². The molecule has 1 heterocycles. The molecule has 0 bridgehead atoms. The van der Waals surface area contributed by atoms with E-state index in [2.05, 4.69) is 5.32 Å². The third kappa shape index (κ3) is 2.50. The largest absolute Gasteiger partial charge is 0.344 e. The Labute approximate surface area is 127 Å². The average molecular weight is 313 g/mol. The molecule has 0 aromatic heterocycles. The van der Waals surface area contributed by atoms with Crippen molar-refractivity contribution < 1.29 is 9.59 Å². The van der Waals surface area contributed by atoms with Gasteiger partial charge in [-0.2, -0.15) is 0 Å². The molecular weight excluding hydrogens is 299 g/mol. The Morgan fingerprint density at radius 3 is 2.40 bits per heavy atom. The number of nitrogens with zero attached hydrogens (tertiary/aromatic N) is 1.